The number of hydrogen-bond donors (Lipinski definition) is 1. The molecule has 1 aliphatic carbocycles. The molecule has 1 atom stereocenters. The third-order valence-electron chi connectivity index (χ3n) is 2.48. The Morgan fingerprint density at radius 3 is 2.60 bits per heavy atom. The van der Waals surface area contributed by atoms with Gasteiger partial charge in [-0.3, -0.25) is 9.36 Å². The minimum absolute atomic E-state index is 0.00113. The van der Waals surface area contributed by atoms with Crippen LogP contribution in [-0.2, 0) is 9.09 Å². The highest BCUT2D eigenvalue weighted by molar-refractivity contribution is 7.69. The number of nitrogens with one attached hydrogen (secondary N) is 1. The Morgan fingerprint density at radius 1 is 1.47 bits per heavy atom. The molecule has 1 aliphatic rings. The fourth-order valence-electron chi connectivity index (χ4n) is 1.73. The maximum atomic E-state index is 11.3. The fourth-order valence-corrected chi connectivity index (χ4v) is 2.53. The van der Waals surface area contributed by atoms with Gasteiger partial charge in [0.2, 0.25) is 7.60 Å². The lowest BCUT2D eigenvalue weighted by Crippen LogP contribution is -2.37. The lowest BCUT2D eigenvalue weighted by atomic mass is 9.96. The molecule has 6 heteroatoms. The smallest absolute Gasteiger partial charge is 0.291 e. The Morgan fingerprint density at radius 2 is 2.07 bits per heavy atom. The molecule has 0 radical (unpaired) electrons. The first kappa shape index (κ1) is 12.7. The van der Waals surface area contributed by atoms with Gasteiger partial charge in [0.05, 0.1) is 6.61 Å². The molecule has 0 aliphatic heterocycles. The molecule has 88 valence electrons. The predicted octanol–water partition coefficient (Wildman–Crippen LogP) is 1.62. The number of carbonyl (C=O) groups is 1. The van der Waals surface area contributed by atoms with Crippen LogP contribution in [0.15, 0.2) is 0 Å². The van der Waals surface area contributed by atoms with Crippen molar-refractivity contribution >= 4 is 13.2 Å². The molecule has 0 aromatic rings. The van der Waals surface area contributed by atoms with E-state index < -0.39 is 13.2 Å². The second-order valence-corrected chi connectivity index (χ2v) is 5.36. The van der Waals surface area contributed by atoms with Crippen molar-refractivity contribution in [1.29, 1.82) is 0 Å². The third kappa shape index (κ3) is 3.93. The van der Waals surface area contributed by atoms with Crippen LogP contribution in [0.5, 0.6) is 0 Å². The van der Waals surface area contributed by atoms with Crippen LogP contribution in [0.2, 0.25) is 0 Å². The van der Waals surface area contributed by atoms with E-state index in [1.807, 2.05) is 0 Å². The van der Waals surface area contributed by atoms with Crippen LogP contribution in [0.3, 0.4) is 0 Å². The molecule has 5 nitrogen and oxygen atoms in total. The zero-order chi connectivity index (χ0) is 11.3. The van der Waals surface area contributed by atoms with Crippen molar-refractivity contribution in [2.45, 2.75) is 45.1 Å². The molecule has 15 heavy (non-hydrogen) atoms. The van der Waals surface area contributed by atoms with Gasteiger partial charge in [-0.25, -0.2) is 0 Å². The highest BCUT2D eigenvalue weighted by Gasteiger charge is 2.23. The maximum Gasteiger partial charge on any atom is 0.291 e. The van der Waals surface area contributed by atoms with Crippen molar-refractivity contribution in [1.82, 2.24) is 5.32 Å². The van der Waals surface area contributed by atoms with Crippen LogP contribution >= 0.6 is 7.60 Å². The van der Waals surface area contributed by atoms with Gasteiger partial charge in [0.25, 0.3) is 5.65 Å². The molecule has 0 spiro atoms. The Labute approximate surface area is 89.7 Å². The number of amides is 1. The van der Waals surface area contributed by atoms with Gasteiger partial charge in [-0.1, -0.05) is 19.3 Å². The quantitative estimate of drug-likeness (QED) is 0.749. The van der Waals surface area contributed by atoms with Gasteiger partial charge in [-0.15, -0.1) is 0 Å². The van der Waals surface area contributed by atoms with Crippen molar-refractivity contribution in [3.63, 3.8) is 0 Å². The van der Waals surface area contributed by atoms with E-state index >= 15 is 0 Å². The second kappa shape index (κ2) is 5.64. The minimum Gasteiger partial charge on any atom is -0.772 e. The summed E-state index contributed by atoms with van der Waals surface area (Å²) in [5, 5.41) is 2.50. The molecule has 1 unspecified atom stereocenters. The summed E-state index contributed by atoms with van der Waals surface area (Å²) in [6.45, 7) is 1.54. The molecule has 1 rings (SSSR count). The molecule has 1 saturated carbocycles. The van der Waals surface area contributed by atoms with E-state index in [9.17, 15) is 14.3 Å². The molecule has 0 saturated heterocycles. The Balaban J connectivity index is 2.43. The average molecular weight is 234 g/mol. The second-order valence-electron chi connectivity index (χ2n) is 3.70. The summed E-state index contributed by atoms with van der Waals surface area (Å²) in [5.41, 5.74) is -0.976. The zero-order valence-corrected chi connectivity index (χ0v) is 9.79. The van der Waals surface area contributed by atoms with E-state index in [1.165, 1.54) is 0 Å². The van der Waals surface area contributed by atoms with Gasteiger partial charge in [0.1, 0.15) is 0 Å². The molecular formula is C9H17NO4P-. The average Bonchev–Trinajstić information content (AvgIpc) is 2.19. The minimum atomic E-state index is -4.35. The first-order valence-electron chi connectivity index (χ1n) is 5.33. The fraction of sp³-hybridized carbons (Fsp3) is 0.889. The van der Waals surface area contributed by atoms with Crippen molar-refractivity contribution in [3.8, 4) is 0 Å². The standard InChI is InChI=1S/C9H18NO4P/c1-2-14-15(12,13)9(11)10-8-6-4-3-5-7-8/h8H,2-7H2,1H3,(H,10,11)(H,12,13)/p-1. The molecule has 1 fully saturated rings. The lowest BCUT2D eigenvalue weighted by Gasteiger charge is -2.27. The SMILES string of the molecule is CCOP(=O)([O-])C(=O)NC1CCCCC1. The summed E-state index contributed by atoms with van der Waals surface area (Å²) in [6, 6.07) is -0.00557. The van der Waals surface area contributed by atoms with E-state index in [0.29, 0.717) is 0 Å². The summed E-state index contributed by atoms with van der Waals surface area (Å²) < 4.78 is 15.6. The van der Waals surface area contributed by atoms with E-state index in [1.54, 1.807) is 6.92 Å². The Bertz CT molecular complexity index is 263. The van der Waals surface area contributed by atoms with Crippen LogP contribution in [0.1, 0.15) is 39.0 Å². The summed E-state index contributed by atoms with van der Waals surface area (Å²) in [6.07, 6.45) is 4.97. The maximum absolute atomic E-state index is 11.3. The van der Waals surface area contributed by atoms with E-state index in [-0.39, 0.29) is 12.6 Å². The van der Waals surface area contributed by atoms with Crippen molar-refractivity contribution in [2.24, 2.45) is 0 Å². The zero-order valence-electron chi connectivity index (χ0n) is 8.90. The molecular weight excluding hydrogens is 217 g/mol. The summed E-state index contributed by atoms with van der Waals surface area (Å²) in [7, 11) is -4.35. The highest BCUT2D eigenvalue weighted by atomic mass is 31.2. The van der Waals surface area contributed by atoms with Gasteiger partial charge in [0, 0.05) is 6.04 Å². The Hall–Kier alpha value is -0.380. The molecule has 1 N–H and O–H groups in total. The predicted molar refractivity (Wildman–Crippen MR) is 54.6 cm³/mol. The topological polar surface area (TPSA) is 78.5 Å². The van der Waals surface area contributed by atoms with Crippen LogP contribution in [0.25, 0.3) is 0 Å². The van der Waals surface area contributed by atoms with Crippen LogP contribution in [0, 0.1) is 0 Å². The molecule has 0 bridgehead atoms. The van der Waals surface area contributed by atoms with Gasteiger partial charge < -0.3 is 14.7 Å². The number of carbonyl (C=O) groups excluding carboxylic acids is 1. The van der Waals surface area contributed by atoms with Gasteiger partial charge in [-0.05, 0) is 19.8 Å². The molecule has 1 amide bonds. The highest BCUT2D eigenvalue weighted by Crippen LogP contribution is 2.37. The monoisotopic (exact) mass is 234 g/mol. The molecule has 0 aromatic carbocycles. The summed E-state index contributed by atoms with van der Waals surface area (Å²) in [4.78, 5) is 22.5. The Kier molecular flexibility index (Phi) is 4.77. The van der Waals surface area contributed by atoms with Crippen molar-refractivity contribution in [2.75, 3.05) is 6.61 Å². The van der Waals surface area contributed by atoms with Crippen LogP contribution in [-0.4, -0.2) is 18.3 Å². The van der Waals surface area contributed by atoms with E-state index in [0.717, 1.165) is 32.1 Å². The van der Waals surface area contributed by atoms with Gasteiger partial charge >= 0.3 is 0 Å². The number of hydrogen-bond acceptors (Lipinski definition) is 4. The van der Waals surface area contributed by atoms with Crippen LogP contribution in [0.4, 0.5) is 4.79 Å². The van der Waals surface area contributed by atoms with E-state index in [2.05, 4.69) is 9.84 Å². The summed E-state index contributed by atoms with van der Waals surface area (Å²) in [5.74, 6) is 0. The van der Waals surface area contributed by atoms with Crippen molar-refractivity contribution < 1.29 is 18.8 Å². The lowest BCUT2D eigenvalue weighted by molar-refractivity contribution is -0.193. The van der Waals surface area contributed by atoms with Crippen LogP contribution < -0.4 is 10.2 Å². The third-order valence-corrected chi connectivity index (χ3v) is 3.71. The van der Waals surface area contributed by atoms with Gasteiger partial charge in [-0.2, -0.15) is 0 Å². The normalized spacial score (nSPS) is 22.0. The largest absolute Gasteiger partial charge is 0.772 e. The van der Waals surface area contributed by atoms with Crippen molar-refractivity contribution in [3.05, 3.63) is 0 Å². The number of rotatable bonds is 4. The summed E-state index contributed by atoms with van der Waals surface area (Å²) >= 11 is 0. The van der Waals surface area contributed by atoms with Gasteiger partial charge in [0.15, 0.2) is 0 Å². The first-order valence-corrected chi connectivity index (χ1v) is 6.87. The first-order chi connectivity index (χ1) is 7.06. The molecule has 0 heterocycles. The molecule has 0 aromatic heterocycles. The van der Waals surface area contributed by atoms with E-state index in [4.69, 9.17) is 0 Å².